The summed E-state index contributed by atoms with van der Waals surface area (Å²) in [5.41, 5.74) is 3.85. The normalized spacial score (nSPS) is 10.7. The van der Waals surface area contributed by atoms with Crippen molar-refractivity contribution in [3.63, 3.8) is 0 Å². The summed E-state index contributed by atoms with van der Waals surface area (Å²) >= 11 is 0. The molecule has 0 atom stereocenters. The fourth-order valence-electron chi connectivity index (χ4n) is 2.31. The average molecular weight is 258 g/mol. The Hall–Kier alpha value is -1.74. The standard InChI is InChI=1S/C16H22N2O/c1-4-18(15-8-6-5-7-13(15)2)12-14-9-10-19-16(14)11-17-3/h5-10,17H,4,11-12H2,1-3H3. The lowest BCUT2D eigenvalue weighted by Crippen LogP contribution is -2.23. The van der Waals surface area contributed by atoms with Gasteiger partial charge in [0.25, 0.3) is 0 Å². The van der Waals surface area contributed by atoms with Crippen LogP contribution in [0.2, 0.25) is 0 Å². The van der Waals surface area contributed by atoms with Gasteiger partial charge in [-0.1, -0.05) is 18.2 Å². The highest BCUT2D eigenvalue weighted by Crippen LogP contribution is 2.22. The predicted molar refractivity (Wildman–Crippen MR) is 79.4 cm³/mol. The Morgan fingerprint density at radius 3 is 2.68 bits per heavy atom. The Balaban J connectivity index is 2.19. The summed E-state index contributed by atoms with van der Waals surface area (Å²) in [4.78, 5) is 2.37. The van der Waals surface area contributed by atoms with Crippen LogP contribution in [0.25, 0.3) is 0 Å². The zero-order valence-corrected chi connectivity index (χ0v) is 11.9. The third kappa shape index (κ3) is 3.18. The van der Waals surface area contributed by atoms with Crippen molar-refractivity contribution in [2.75, 3.05) is 18.5 Å². The second kappa shape index (κ2) is 6.43. The molecule has 2 aromatic rings. The van der Waals surface area contributed by atoms with Crippen molar-refractivity contribution < 1.29 is 4.42 Å². The number of benzene rings is 1. The summed E-state index contributed by atoms with van der Waals surface area (Å²) in [6.45, 7) is 6.98. The van der Waals surface area contributed by atoms with Gasteiger partial charge in [0.05, 0.1) is 12.8 Å². The Labute approximate surface area is 115 Å². The van der Waals surface area contributed by atoms with E-state index in [9.17, 15) is 0 Å². The van der Waals surface area contributed by atoms with Crippen LogP contribution in [0.3, 0.4) is 0 Å². The van der Waals surface area contributed by atoms with E-state index in [-0.39, 0.29) is 0 Å². The third-order valence-corrected chi connectivity index (χ3v) is 3.37. The number of hydrogen-bond acceptors (Lipinski definition) is 3. The highest BCUT2D eigenvalue weighted by molar-refractivity contribution is 5.53. The van der Waals surface area contributed by atoms with Crippen molar-refractivity contribution in [3.05, 3.63) is 53.5 Å². The molecule has 102 valence electrons. The first-order valence-corrected chi connectivity index (χ1v) is 6.76. The molecule has 0 saturated carbocycles. The zero-order chi connectivity index (χ0) is 13.7. The Morgan fingerprint density at radius 1 is 1.21 bits per heavy atom. The van der Waals surface area contributed by atoms with E-state index in [1.54, 1.807) is 6.26 Å². The molecule has 1 N–H and O–H groups in total. The van der Waals surface area contributed by atoms with Crippen LogP contribution in [0, 0.1) is 6.92 Å². The SMILES string of the molecule is CCN(Cc1ccoc1CNC)c1ccccc1C. The largest absolute Gasteiger partial charge is 0.468 e. The molecule has 0 fully saturated rings. The number of nitrogens with one attached hydrogen (secondary N) is 1. The van der Waals surface area contributed by atoms with Crippen molar-refractivity contribution in [1.29, 1.82) is 0 Å². The first kappa shape index (κ1) is 13.7. The van der Waals surface area contributed by atoms with Crippen LogP contribution in [0.4, 0.5) is 5.69 Å². The van der Waals surface area contributed by atoms with Gasteiger partial charge in [-0.2, -0.15) is 0 Å². The monoisotopic (exact) mass is 258 g/mol. The van der Waals surface area contributed by atoms with Gasteiger partial charge < -0.3 is 14.6 Å². The summed E-state index contributed by atoms with van der Waals surface area (Å²) in [5.74, 6) is 1.02. The van der Waals surface area contributed by atoms with Crippen LogP contribution >= 0.6 is 0 Å². The molecule has 2 rings (SSSR count). The van der Waals surface area contributed by atoms with Gasteiger partial charge in [0, 0.05) is 24.3 Å². The fraction of sp³-hybridized carbons (Fsp3) is 0.375. The maximum absolute atomic E-state index is 5.53. The van der Waals surface area contributed by atoms with Crippen molar-refractivity contribution >= 4 is 5.69 Å². The molecule has 0 radical (unpaired) electrons. The quantitative estimate of drug-likeness (QED) is 0.861. The Morgan fingerprint density at radius 2 is 2.00 bits per heavy atom. The van der Waals surface area contributed by atoms with E-state index in [1.165, 1.54) is 16.8 Å². The van der Waals surface area contributed by atoms with E-state index in [2.05, 4.69) is 54.4 Å². The third-order valence-electron chi connectivity index (χ3n) is 3.37. The summed E-state index contributed by atoms with van der Waals surface area (Å²) < 4.78 is 5.53. The molecule has 1 heterocycles. The average Bonchev–Trinajstić information content (AvgIpc) is 2.85. The van der Waals surface area contributed by atoms with Crippen LogP contribution in [0.15, 0.2) is 41.0 Å². The van der Waals surface area contributed by atoms with Crippen molar-refractivity contribution in [2.24, 2.45) is 0 Å². The van der Waals surface area contributed by atoms with Crippen LogP contribution < -0.4 is 10.2 Å². The lowest BCUT2D eigenvalue weighted by molar-refractivity contribution is 0.490. The minimum absolute atomic E-state index is 0.771. The van der Waals surface area contributed by atoms with E-state index in [1.807, 2.05) is 7.05 Å². The van der Waals surface area contributed by atoms with E-state index in [4.69, 9.17) is 4.42 Å². The molecule has 1 aromatic heterocycles. The van der Waals surface area contributed by atoms with Crippen LogP contribution in [-0.4, -0.2) is 13.6 Å². The van der Waals surface area contributed by atoms with Crippen molar-refractivity contribution in [1.82, 2.24) is 5.32 Å². The fourth-order valence-corrected chi connectivity index (χ4v) is 2.31. The number of para-hydroxylation sites is 1. The number of hydrogen-bond donors (Lipinski definition) is 1. The number of aryl methyl sites for hydroxylation is 1. The Kier molecular flexibility index (Phi) is 4.63. The topological polar surface area (TPSA) is 28.4 Å². The maximum Gasteiger partial charge on any atom is 0.122 e. The summed E-state index contributed by atoms with van der Waals surface area (Å²) in [6.07, 6.45) is 1.77. The van der Waals surface area contributed by atoms with E-state index in [0.717, 1.165) is 25.4 Å². The number of nitrogens with zero attached hydrogens (tertiary/aromatic N) is 1. The molecule has 0 spiro atoms. The second-order valence-corrected chi connectivity index (χ2v) is 4.70. The van der Waals surface area contributed by atoms with Gasteiger partial charge in [0.15, 0.2) is 0 Å². The lowest BCUT2D eigenvalue weighted by atomic mass is 10.1. The minimum atomic E-state index is 0.771. The lowest BCUT2D eigenvalue weighted by Gasteiger charge is -2.24. The molecular formula is C16H22N2O. The maximum atomic E-state index is 5.53. The summed E-state index contributed by atoms with van der Waals surface area (Å²) in [5, 5.41) is 3.14. The zero-order valence-electron chi connectivity index (χ0n) is 11.9. The number of anilines is 1. The molecule has 3 heteroatoms. The van der Waals surface area contributed by atoms with Crippen molar-refractivity contribution in [2.45, 2.75) is 26.9 Å². The minimum Gasteiger partial charge on any atom is -0.468 e. The second-order valence-electron chi connectivity index (χ2n) is 4.70. The predicted octanol–water partition coefficient (Wildman–Crippen LogP) is 3.33. The first-order chi connectivity index (χ1) is 9.26. The van der Waals surface area contributed by atoms with E-state index < -0.39 is 0 Å². The molecule has 0 saturated heterocycles. The molecule has 1 aromatic carbocycles. The first-order valence-electron chi connectivity index (χ1n) is 6.76. The molecule has 0 unspecified atom stereocenters. The molecule has 0 aliphatic heterocycles. The van der Waals surface area contributed by atoms with Gasteiger partial charge in [0.2, 0.25) is 0 Å². The van der Waals surface area contributed by atoms with E-state index >= 15 is 0 Å². The van der Waals surface area contributed by atoms with Gasteiger partial charge in [-0.25, -0.2) is 0 Å². The molecule has 0 amide bonds. The van der Waals surface area contributed by atoms with Gasteiger partial charge in [-0.15, -0.1) is 0 Å². The summed E-state index contributed by atoms with van der Waals surface area (Å²) in [6, 6.07) is 10.6. The van der Waals surface area contributed by atoms with Gasteiger partial charge in [-0.05, 0) is 38.6 Å². The molecule has 0 aliphatic carbocycles. The highest BCUT2D eigenvalue weighted by atomic mass is 16.3. The number of rotatable bonds is 6. The van der Waals surface area contributed by atoms with E-state index in [0.29, 0.717) is 0 Å². The molecule has 19 heavy (non-hydrogen) atoms. The molecular weight excluding hydrogens is 236 g/mol. The smallest absolute Gasteiger partial charge is 0.122 e. The van der Waals surface area contributed by atoms with Crippen LogP contribution in [0.5, 0.6) is 0 Å². The summed E-state index contributed by atoms with van der Waals surface area (Å²) in [7, 11) is 1.94. The molecule has 0 bridgehead atoms. The van der Waals surface area contributed by atoms with Crippen molar-refractivity contribution in [3.8, 4) is 0 Å². The molecule has 3 nitrogen and oxygen atoms in total. The molecule has 0 aliphatic rings. The van der Waals surface area contributed by atoms with Gasteiger partial charge in [-0.3, -0.25) is 0 Å². The van der Waals surface area contributed by atoms with Crippen LogP contribution in [-0.2, 0) is 13.1 Å². The highest BCUT2D eigenvalue weighted by Gasteiger charge is 2.12. The van der Waals surface area contributed by atoms with Gasteiger partial charge in [0.1, 0.15) is 5.76 Å². The Bertz CT molecular complexity index is 519. The number of furan rings is 1. The van der Waals surface area contributed by atoms with Crippen LogP contribution in [0.1, 0.15) is 23.8 Å². The van der Waals surface area contributed by atoms with Gasteiger partial charge >= 0.3 is 0 Å².